The lowest BCUT2D eigenvalue weighted by Crippen LogP contribution is -1.96. The molecule has 0 N–H and O–H groups in total. The Kier molecular flexibility index (Phi) is 3.91. The first-order chi connectivity index (χ1) is 8.15. The van der Waals surface area contributed by atoms with Crippen LogP contribution in [0.2, 0.25) is 0 Å². The molecule has 0 unspecified atom stereocenters. The zero-order valence-corrected chi connectivity index (χ0v) is 11.5. The minimum Gasteiger partial charge on any atom is -0.465 e. The Bertz CT molecular complexity index is 522. The Labute approximate surface area is 112 Å². The lowest BCUT2D eigenvalue weighted by atomic mass is 10.1. The molecule has 1 aromatic carbocycles. The minimum absolute atomic E-state index is 0.0707. The smallest absolute Gasteiger partial charge is 0.274 e. The molecule has 88 valence electrons. The van der Waals surface area contributed by atoms with Gasteiger partial charge in [0.15, 0.2) is 5.78 Å². The molecule has 0 saturated carbocycles. The van der Waals surface area contributed by atoms with Crippen LogP contribution in [0.25, 0.3) is 0 Å². The monoisotopic (exact) mass is 311 g/mol. The van der Waals surface area contributed by atoms with Gasteiger partial charge in [-0.05, 0) is 28.4 Å². The van der Waals surface area contributed by atoms with Crippen molar-refractivity contribution in [3.8, 4) is 5.19 Å². The normalized spacial score (nSPS) is 10.2. The highest BCUT2D eigenvalue weighted by Gasteiger charge is 2.02. The lowest BCUT2D eigenvalue weighted by Gasteiger charge is -2.03. The molecule has 0 atom stereocenters. The minimum atomic E-state index is 0.0707. The first-order valence-corrected chi connectivity index (χ1v) is 6.60. The molecular formula is C12H10BrNO2S. The van der Waals surface area contributed by atoms with Crippen molar-refractivity contribution in [3.63, 3.8) is 0 Å². The van der Waals surface area contributed by atoms with Gasteiger partial charge in [-0.25, -0.2) is 4.98 Å². The fraction of sp³-hybridized carbons (Fsp3) is 0.167. The highest BCUT2D eigenvalue weighted by Crippen LogP contribution is 2.25. The number of thiazole rings is 1. The van der Waals surface area contributed by atoms with Gasteiger partial charge in [0, 0.05) is 5.56 Å². The molecule has 0 spiro atoms. The van der Waals surface area contributed by atoms with E-state index in [0.29, 0.717) is 17.4 Å². The van der Waals surface area contributed by atoms with Crippen LogP contribution in [-0.4, -0.2) is 10.8 Å². The molecule has 0 radical (unpaired) electrons. The van der Waals surface area contributed by atoms with Gasteiger partial charge >= 0.3 is 0 Å². The molecule has 0 fully saturated rings. The molecule has 0 amide bonds. The van der Waals surface area contributed by atoms with Crippen LogP contribution >= 0.6 is 27.3 Å². The largest absolute Gasteiger partial charge is 0.465 e. The summed E-state index contributed by atoms with van der Waals surface area (Å²) >= 11 is 4.77. The maximum absolute atomic E-state index is 11.1. The van der Waals surface area contributed by atoms with Crippen molar-refractivity contribution >= 4 is 33.0 Å². The Morgan fingerprint density at radius 2 is 2.12 bits per heavy atom. The zero-order valence-electron chi connectivity index (χ0n) is 9.14. The van der Waals surface area contributed by atoms with E-state index in [0.717, 1.165) is 9.35 Å². The van der Waals surface area contributed by atoms with Crippen LogP contribution in [0.1, 0.15) is 22.8 Å². The van der Waals surface area contributed by atoms with Gasteiger partial charge in [0.25, 0.3) is 5.19 Å². The van der Waals surface area contributed by atoms with Crippen molar-refractivity contribution in [2.24, 2.45) is 0 Å². The van der Waals surface area contributed by atoms with Gasteiger partial charge in [0.05, 0.1) is 9.98 Å². The van der Waals surface area contributed by atoms with E-state index in [2.05, 4.69) is 20.9 Å². The first-order valence-electron chi connectivity index (χ1n) is 4.99. The van der Waals surface area contributed by atoms with Crippen LogP contribution < -0.4 is 4.74 Å². The number of hydrogen-bond donors (Lipinski definition) is 0. The topological polar surface area (TPSA) is 39.2 Å². The average Bonchev–Trinajstić information content (AvgIpc) is 2.73. The number of benzene rings is 1. The number of halogens is 1. The van der Waals surface area contributed by atoms with Crippen molar-refractivity contribution in [2.45, 2.75) is 13.5 Å². The Morgan fingerprint density at radius 3 is 2.65 bits per heavy atom. The summed E-state index contributed by atoms with van der Waals surface area (Å²) in [5.41, 5.74) is 1.73. The molecule has 1 aromatic heterocycles. The second-order valence-corrected chi connectivity index (χ2v) is 5.84. The van der Waals surface area contributed by atoms with Crippen molar-refractivity contribution in [1.82, 2.24) is 4.98 Å². The number of ether oxygens (including phenoxy) is 1. The third kappa shape index (κ3) is 3.38. The van der Waals surface area contributed by atoms with Crippen molar-refractivity contribution < 1.29 is 9.53 Å². The summed E-state index contributed by atoms with van der Waals surface area (Å²) in [4.78, 5) is 15.2. The number of ketones is 1. The summed E-state index contributed by atoms with van der Waals surface area (Å²) in [5.74, 6) is 0.0707. The van der Waals surface area contributed by atoms with Crippen molar-refractivity contribution in [2.75, 3.05) is 0 Å². The maximum Gasteiger partial charge on any atom is 0.274 e. The molecule has 5 heteroatoms. The van der Waals surface area contributed by atoms with Crippen LogP contribution in [0, 0.1) is 0 Å². The number of nitrogens with zero attached hydrogens (tertiary/aromatic N) is 1. The summed E-state index contributed by atoms with van der Waals surface area (Å²) in [7, 11) is 0. The molecule has 0 saturated heterocycles. The molecule has 0 aliphatic rings. The number of rotatable bonds is 4. The van der Waals surface area contributed by atoms with Crippen molar-refractivity contribution in [1.29, 1.82) is 0 Å². The standard InChI is InChI=1S/C12H10BrNO2S/c1-8(15)10-4-2-9(3-5-10)7-16-12-14-6-11(13)17-12/h2-6H,7H2,1H3. The molecule has 3 nitrogen and oxygen atoms in total. The van der Waals surface area contributed by atoms with Gasteiger partial charge in [0.1, 0.15) is 6.61 Å². The van der Waals surface area contributed by atoms with Gasteiger partial charge in [-0.3, -0.25) is 4.79 Å². The number of hydrogen-bond acceptors (Lipinski definition) is 4. The van der Waals surface area contributed by atoms with E-state index in [1.165, 1.54) is 11.3 Å². The zero-order chi connectivity index (χ0) is 12.3. The molecule has 0 aliphatic heterocycles. The fourth-order valence-corrected chi connectivity index (χ4v) is 2.30. The Balaban J connectivity index is 1.97. The van der Waals surface area contributed by atoms with Gasteiger partial charge in [-0.15, -0.1) is 0 Å². The second kappa shape index (κ2) is 5.42. The van der Waals surface area contributed by atoms with E-state index in [1.54, 1.807) is 25.3 Å². The third-order valence-corrected chi connectivity index (χ3v) is 3.57. The number of carbonyl (C=O) groups is 1. The molecule has 17 heavy (non-hydrogen) atoms. The summed E-state index contributed by atoms with van der Waals surface area (Å²) in [6, 6.07) is 7.39. The maximum atomic E-state index is 11.1. The lowest BCUT2D eigenvalue weighted by molar-refractivity contribution is 0.101. The van der Waals surface area contributed by atoms with Crippen LogP contribution in [0.5, 0.6) is 5.19 Å². The second-order valence-electron chi connectivity index (χ2n) is 3.47. The van der Waals surface area contributed by atoms with Gasteiger partial charge in [0.2, 0.25) is 0 Å². The van der Waals surface area contributed by atoms with Crippen molar-refractivity contribution in [3.05, 3.63) is 45.4 Å². The number of aromatic nitrogens is 1. The number of carbonyl (C=O) groups excluding carboxylic acids is 1. The van der Waals surface area contributed by atoms with E-state index in [-0.39, 0.29) is 5.78 Å². The first kappa shape index (κ1) is 12.3. The summed E-state index contributed by atoms with van der Waals surface area (Å²) < 4.78 is 6.45. The molecule has 1 heterocycles. The SMILES string of the molecule is CC(=O)c1ccc(COc2ncc(Br)s2)cc1. The van der Waals surface area contributed by atoms with Gasteiger partial charge in [-0.2, -0.15) is 0 Å². The highest BCUT2D eigenvalue weighted by atomic mass is 79.9. The molecule has 0 bridgehead atoms. The Hall–Kier alpha value is -1.20. The van der Waals surface area contributed by atoms with E-state index >= 15 is 0 Å². The van der Waals surface area contributed by atoms with Crippen LogP contribution in [-0.2, 0) is 6.61 Å². The van der Waals surface area contributed by atoms with Crippen LogP contribution in [0.4, 0.5) is 0 Å². The molecule has 2 aromatic rings. The van der Waals surface area contributed by atoms with Gasteiger partial charge in [-0.1, -0.05) is 35.6 Å². The molecule has 0 aliphatic carbocycles. The molecular weight excluding hydrogens is 302 g/mol. The van der Waals surface area contributed by atoms with Crippen LogP contribution in [0.15, 0.2) is 34.2 Å². The average molecular weight is 312 g/mol. The fourth-order valence-electron chi connectivity index (χ4n) is 1.29. The summed E-state index contributed by atoms with van der Waals surface area (Å²) in [6.45, 7) is 2.01. The van der Waals surface area contributed by atoms with Crippen LogP contribution in [0.3, 0.4) is 0 Å². The summed E-state index contributed by atoms with van der Waals surface area (Å²) in [5, 5.41) is 0.632. The quantitative estimate of drug-likeness (QED) is 0.808. The number of Topliss-reactive ketones (excluding diaryl/α,β-unsaturated/α-hetero) is 1. The molecule has 2 rings (SSSR count). The van der Waals surface area contributed by atoms with E-state index < -0.39 is 0 Å². The highest BCUT2D eigenvalue weighted by molar-refractivity contribution is 9.11. The van der Waals surface area contributed by atoms with E-state index in [9.17, 15) is 4.79 Å². The van der Waals surface area contributed by atoms with Gasteiger partial charge < -0.3 is 4.74 Å². The Morgan fingerprint density at radius 1 is 1.41 bits per heavy atom. The third-order valence-electron chi connectivity index (χ3n) is 2.18. The van der Waals surface area contributed by atoms with E-state index in [1.807, 2.05) is 12.1 Å². The predicted octanol–water partition coefficient (Wildman–Crippen LogP) is 3.69. The van der Waals surface area contributed by atoms with E-state index in [4.69, 9.17) is 4.74 Å². The summed E-state index contributed by atoms with van der Waals surface area (Å²) in [6.07, 6.45) is 1.71. The predicted molar refractivity (Wildman–Crippen MR) is 70.6 cm³/mol.